The number of carbonyl (C=O) groups is 1. The Labute approximate surface area is 104 Å². The van der Waals surface area contributed by atoms with Crippen LogP contribution < -0.4 is 0 Å². The smallest absolute Gasteiger partial charge is 0.324 e. The molecule has 17 heavy (non-hydrogen) atoms. The maximum absolute atomic E-state index is 11.5. The third kappa shape index (κ3) is 7.69. The second-order valence-electron chi connectivity index (χ2n) is 4.92. The third-order valence-electron chi connectivity index (χ3n) is 2.95. The Hall–Kier alpha value is -0.180. The van der Waals surface area contributed by atoms with Gasteiger partial charge in [-0.15, -0.1) is 0 Å². The topological polar surface area (TPSA) is 74.6 Å². The molecular formula is C12H25O4P. The Morgan fingerprint density at radius 2 is 1.76 bits per heavy atom. The summed E-state index contributed by atoms with van der Waals surface area (Å²) in [6.45, 7) is 5.61. The molecule has 0 heterocycles. The fourth-order valence-electron chi connectivity index (χ4n) is 1.66. The molecule has 0 aliphatic heterocycles. The van der Waals surface area contributed by atoms with Gasteiger partial charge in [-0.2, -0.15) is 0 Å². The van der Waals surface area contributed by atoms with Crippen molar-refractivity contribution in [2.75, 3.05) is 0 Å². The van der Waals surface area contributed by atoms with E-state index in [1.54, 1.807) is 13.8 Å². The second kappa shape index (κ2) is 8.02. The Morgan fingerprint density at radius 1 is 1.18 bits per heavy atom. The molecule has 0 rings (SSSR count). The molecule has 0 spiro atoms. The molecular weight excluding hydrogens is 239 g/mol. The zero-order chi connectivity index (χ0) is 13.5. The minimum absolute atomic E-state index is 0.00801. The van der Waals surface area contributed by atoms with Gasteiger partial charge in [-0.3, -0.25) is 9.36 Å². The predicted molar refractivity (Wildman–Crippen MR) is 69.1 cm³/mol. The van der Waals surface area contributed by atoms with Gasteiger partial charge in [0.2, 0.25) is 0 Å². The molecule has 0 aromatic rings. The second-order valence-corrected chi connectivity index (χ2v) is 6.83. The average molecular weight is 264 g/mol. The Kier molecular flexibility index (Phi) is 7.93. The molecule has 102 valence electrons. The molecule has 0 aliphatic carbocycles. The van der Waals surface area contributed by atoms with E-state index in [2.05, 4.69) is 6.92 Å². The fourth-order valence-corrected chi connectivity index (χ4v) is 2.60. The van der Waals surface area contributed by atoms with Crippen molar-refractivity contribution in [1.29, 1.82) is 0 Å². The van der Waals surface area contributed by atoms with Gasteiger partial charge in [0.1, 0.15) is 5.78 Å². The molecule has 0 amide bonds. The first kappa shape index (κ1) is 16.8. The molecule has 0 aromatic heterocycles. The van der Waals surface area contributed by atoms with E-state index in [1.165, 1.54) is 0 Å². The molecule has 2 N–H and O–H groups in total. The number of ketones is 1. The van der Waals surface area contributed by atoms with E-state index in [9.17, 15) is 19.1 Å². The summed E-state index contributed by atoms with van der Waals surface area (Å²) in [5.74, 6) is -0.214. The van der Waals surface area contributed by atoms with Crippen molar-refractivity contribution in [1.82, 2.24) is 0 Å². The third-order valence-corrected chi connectivity index (χ3v) is 4.34. The van der Waals surface area contributed by atoms with E-state index in [-0.39, 0.29) is 18.1 Å². The summed E-state index contributed by atoms with van der Waals surface area (Å²) in [6, 6.07) is 0. The van der Waals surface area contributed by atoms with E-state index in [0.29, 0.717) is 6.42 Å². The van der Waals surface area contributed by atoms with Crippen LogP contribution in [-0.2, 0) is 9.36 Å². The molecule has 5 heteroatoms. The van der Waals surface area contributed by atoms with Gasteiger partial charge in [-0.1, -0.05) is 46.5 Å². The zero-order valence-electron chi connectivity index (χ0n) is 11.1. The van der Waals surface area contributed by atoms with E-state index in [1.807, 2.05) is 0 Å². The van der Waals surface area contributed by atoms with E-state index < -0.39 is 13.3 Å². The number of carbonyl (C=O) groups excluding carboxylic acids is 1. The summed E-state index contributed by atoms with van der Waals surface area (Å²) in [7, 11) is -4.14. The van der Waals surface area contributed by atoms with Gasteiger partial charge in [0.05, 0.1) is 5.66 Å². The Morgan fingerprint density at radius 3 is 2.18 bits per heavy atom. The average Bonchev–Trinajstić information content (AvgIpc) is 2.20. The number of Topliss-reactive ketones (excluding diaryl/α,β-unsaturated/α-hetero) is 1. The lowest BCUT2D eigenvalue weighted by Crippen LogP contribution is -2.18. The molecule has 1 atom stereocenters. The SMILES string of the molecule is CCCCCCC(CC(=O)C(C)C)P(=O)(O)O. The molecule has 1 unspecified atom stereocenters. The summed E-state index contributed by atoms with van der Waals surface area (Å²) in [4.78, 5) is 30.0. The first-order valence-electron chi connectivity index (χ1n) is 6.37. The van der Waals surface area contributed by atoms with Crippen molar-refractivity contribution >= 4 is 13.4 Å². The van der Waals surface area contributed by atoms with Gasteiger partial charge in [0.15, 0.2) is 0 Å². The van der Waals surface area contributed by atoms with Gasteiger partial charge in [0, 0.05) is 12.3 Å². The van der Waals surface area contributed by atoms with Gasteiger partial charge in [-0.05, 0) is 6.42 Å². The van der Waals surface area contributed by atoms with Crippen LogP contribution in [0.15, 0.2) is 0 Å². The molecule has 0 radical (unpaired) electrons. The highest BCUT2D eigenvalue weighted by molar-refractivity contribution is 7.52. The number of hydrogen-bond donors (Lipinski definition) is 2. The standard InChI is InChI=1S/C12H25O4P/c1-4-5-6-7-8-11(17(14,15)16)9-12(13)10(2)3/h10-11H,4-9H2,1-3H3,(H2,14,15,16). The van der Waals surface area contributed by atoms with Crippen LogP contribution in [0.1, 0.15) is 59.3 Å². The van der Waals surface area contributed by atoms with Crippen LogP contribution in [0.5, 0.6) is 0 Å². The van der Waals surface area contributed by atoms with Crippen molar-refractivity contribution in [3.05, 3.63) is 0 Å². The van der Waals surface area contributed by atoms with Crippen LogP contribution >= 0.6 is 7.60 Å². The number of unbranched alkanes of at least 4 members (excludes halogenated alkanes) is 3. The van der Waals surface area contributed by atoms with Crippen molar-refractivity contribution < 1.29 is 19.1 Å². The molecule has 4 nitrogen and oxygen atoms in total. The Bertz CT molecular complexity index is 270. The zero-order valence-corrected chi connectivity index (χ0v) is 11.9. The first-order chi connectivity index (χ1) is 7.79. The van der Waals surface area contributed by atoms with Crippen LogP contribution in [0, 0.1) is 5.92 Å². The molecule has 0 saturated heterocycles. The lowest BCUT2D eigenvalue weighted by Gasteiger charge is -2.18. The highest BCUT2D eigenvalue weighted by atomic mass is 31.2. The minimum atomic E-state index is -4.14. The normalized spacial score (nSPS) is 14.0. The van der Waals surface area contributed by atoms with Gasteiger partial charge in [-0.25, -0.2) is 0 Å². The first-order valence-corrected chi connectivity index (χ1v) is 8.05. The molecule has 0 aromatic carbocycles. The Balaban J connectivity index is 4.26. The van der Waals surface area contributed by atoms with E-state index >= 15 is 0 Å². The highest BCUT2D eigenvalue weighted by Gasteiger charge is 2.30. The lowest BCUT2D eigenvalue weighted by atomic mass is 10.0. The summed E-state index contributed by atoms with van der Waals surface area (Å²) < 4.78 is 11.3. The van der Waals surface area contributed by atoms with Crippen LogP contribution in [0.4, 0.5) is 0 Å². The van der Waals surface area contributed by atoms with Gasteiger partial charge >= 0.3 is 7.60 Å². The van der Waals surface area contributed by atoms with Crippen molar-refractivity contribution in [3.8, 4) is 0 Å². The maximum Gasteiger partial charge on any atom is 0.329 e. The molecule has 0 bridgehead atoms. The van der Waals surface area contributed by atoms with Crippen LogP contribution in [0.3, 0.4) is 0 Å². The molecule has 0 aliphatic rings. The molecule has 0 fully saturated rings. The summed E-state index contributed by atoms with van der Waals surface area (Å²) in [5.41, 5.74) is -0.783. The quantitative estimate of drug-likeness (QED) is 0.495. The maximum atomic E-state index is 11.5. The van der Waals surface area contributed by atoms with E-state index in [0.717, 1.165) is 25.7 Å². The lowest BCUT2D eigenvalue weighted by molar-refractivity contribution is -0.122. The van der Waals surface area contributed by atoms with Crippen LogP contribution in [0.25, 0.3) is 0 Å². The fraction of sp³-hybridized carbons (Fsp3) is 0.917. The number of hydrogen-bond acceptors (Lipinski definition) is 2. The van der Waals surface area contributed by atoms with E-state index in [4.69, 9.17) is 0 Å². The highest BCUT2D eigenvalue weighted by Crippen LogP contribution is 2.45. The van der Waals surface area contributed by atoms with Crippen LogP contribution in [0.2, 0.25) is 0 Å². The monoisotopic (exact) mass is 264 g/mol. The predicted octanol–water partition coefficient (Wildman–Crippen LogP) is 3.12. The van der Waals surface area contributed by atoms with Crippen molar-refractivity contribution in [2.45, 2.75) is 65.0 Å². The summed E-state index contributed by atoms with van der Waals surface area (Å²) >= 11 is 0. The summed E-state index contributed by atoms with van der Waals surface area (Å²) in [5, 5.41) is 0. The van der Waals surface area contributed by atoms with Crippen molar-refractivity contribution in [2.24, 2.45) is 5.92 Å². The van der Waals surface area contributed by atoms with Gasteiger partial charge < -0.3 is 9.79 Å². The van der Waals surface area contributed by atoms with Gasteiger partial charge in [0.25, 0.3) is 0 Å². The van der Waals surface area contributed by atoms with Crippen molar-refractivity contribution in [3.63, 3.8) is 0 Å². The van der Waals surface area contributed by atoms with Crippen LogP contribution in [-0.4, -0.2) is 21.2 Å². The summed E-state index contributed by atoms with van der Waals surface area (Å²) in [6.07, 6.45) is 4.38. The number of rotatable bonds is 9. The minimum Gasteiger partial charge on any atom is -0.324 e. The molecule has 0 saturated carbocycles. The largest absolute Gasteiger partial charge is 0.329 e.